The van der Waals surface area contributed by atoms with Crippen molar-refractivity contribution in [2.75, 3.05) is 25.5 Å². The summed E-state index contributed by atoms with van der Waals surface area (Å²) in [4.78, 5) is 24.7. The number of halogens is 3. The summed E-state index contributed by atoms with van der Waals surface area (Å²) in [6.07, 6.45) is 0. The van der Waals surface area contributed by atoms with Crippen molar-refractivity contribution in [3.05, 3.63) is 65.5 Å². The highest BCUT2D eigenvalue weighted by Gasteiger charge is 2.18. The molecule has 144 valence electrons. The third kappa shape index (κ3) is 6.41. The van der Waals surface area contributed by atoms with Crippen LogP contribution in [0.2, 0.25) is 0 Å². The Bertz CT molecular complexity index is 812. The van der Waals surface area contributed by atoms with Gasteiger partial charge in [-0.2, -0.15) is 0 Å². The average molecular weight is 380 g/mol. The van der Waals surface area contributed by atoms with Crippen LogP contribution in [0, 0.1) is 17.5 Å². The molecule has 2 rings (SSSR count). The van der Waals surface area contributed by atoms with Gasteiger partial charge in [-0.05, 0) is 37.3 Å². The number of amides is 2. The van der Waals surface area contributed by atoms with Crippen LogP contribution in [0.5, 0.6) is 0 Å². The molecule has 2 aromatic rings. The van der Waals surface area contributed by atoms with E-state index in [2.05, 4.69) is 10.6 Å². The number of hydrogen-bond acceptors (Lipinski definition) is 2. The van der Waals surface area contributed by atoms with Gasteiger partial charge in [0.15, 0.2) is 13.1 Å². The number of anilines is 1. The lowest BCUT2D eigenvalue weighted by Gasteiger charge is -2.17. The summed E-state index contributed by atoms with van der Waals surface area (Å²) < 4.78 is 39.5. The molecule has 0 aliphatic rings. The van der Waals surface area contributed by atoms with Gasteiger partial charge in [-0.3, -0.25) is 9.59 Å². The molecule has 0 spiro atoms. The van der Waals surface area contributed by atoms with Crippen molar-refractivity contribution in [2.45, 2.75) is 13.0 Å². The van der Waals surface area contributed by atoms with Gasteiger partial charge in [-0.15, -0.1) is 0 Å². The summed E-state index contributed by atoms with van der Waals surface area (Å²) in [5, 5.41) is 5.23. The highest BCUT2D eigenvalue weighted by Crippen LogP contribution is 2.17. The molecule has 0 fully saturated rings. The minimum absolute atomic E-state index is 0.00993. The van der Waals surface area contributed by atoms with Gasteiger partial charge in [-0.1, -0.05) is 6.07 Å². The summed E-state index contributed by atoms with van der Waals surface area (Å²) in [5.41, 5.74) is 0.635. The van der Waals surface area contributed by atoms with Gasteiger partial charge in [0.2, 0.25) is 0 Å². The van der Waals surface area contributed by atoms with E-state index < -0.39 is 23.5 Å². The number of quaternary nitrogens is 1. The Morgan fingerprint density at radius 3 is 2.19 bits per heavy atom. The lowest BCUT2D eigenvalue weighted by Crippen LogP contribution is -3.11. The Morgan fingerprint density at radius 2 is 1.56 bits per heavy atom. The summed E-state index contributed by atoms with van der Waals surface area (Å²) in [6, 6.07) is 7.86. The van der Waals surface area contributed by atoms with Crippen molar-refractivity contribution in [3.63, 3.8) is 0 Å². The van der Waals surface area contributed by atoms with Crippen LogP contribution in [-0.2, 0) is 9.59 Å². The second kappa shape index (κ2) is 9.18. The normalized spacial score (nSPS) is 12.9. The molecule has 8 heteroatoms. The topological polar surface area (TPSA) is 62.6 Å². The fourth-order valence-corrected chi connectivity index (χ4v) is 2.57. The van der Waals surface area contributed by atoms with Crippen molar-refractivity contribution in [3.8, 4) is 0 Å². The van der Waals surface area contributed by atoms with E-state index in [-0.39, 0.29) is 30.5 Å². The predicted octanol–water partition coefficient (Wildman–Crippen LogP) is 1.43. The molecule has 0 bridgehead atoms. The van der Waals surface area contributed by atoms with E-state index in [0.717, 1.165) is 12.1 Å². The maximum Gasteiger partial charge on any atom is 0.279 e. The first-order chi connectivity index (χ1) is 12.7. The van der Waals surface area contributed by atoms with Gasteiger partial charge in [0, 0.05) is 17.3 Å². The van der Waals surface area contributed by atoms with Crippen molar-refractivity contribution in [2.24, 2.45) is 0 Å². The molecule has 0 aliphatic heterocycles. The molecule has 0 aromatic heterocycles. The minimum atomic E-state index is -0.734. The third-order valence-electron chi connectivity index (χ3n) is 3.86. The number of likely N-dealkylation sites (N-methyl/N-ethyl adjacent to an activating group) is 1. The zero-order valence-electron chi connectivity index (χ0n) is 15.0. The van der Waals surface area contributed by atoms with Crippen LogP contribution in [-0.4, -0.2) is 32.0 Å². The lowest BCUT2D eigenvalue weighted by atomic mass is 10.1. The van der Waals surface area contributed by atoms with E-state index in [1.807, 2.05) is 0 Å². The molecule has 0 saturated heterocycles. The Kier molecular flexibility index (Phi) is 6.95. The molecular formula is C19H21F3N3O2+. The highest BCUT2D eigenvalue weighted by atomic mass is 19.1. The molecule has 2 atom stereocenters. The zero-order chi connectivity index (χ0) is 20.0. The highest BCUT2D eigenvalue weighted by molar-refractivity contribution is 5.91. The standard InChI is InChI=1S/C19H20F3N3O2/c1-12(16-8-5-14(21)9-17(16)22)23-18(26)10-25(2)11-19(27)24-15-6-3-13(20)4-7-15/h3-9,12H,10-11H2,1-2H3,(H,23,26)(H,24,27)/p+1/t12-/m1/s1. The Balaban J connectivity index is 1.82. The smallest absolute Gasteiger partial charge is 0.279 e. The first-order valence-electron chi connectivity index (χ1n) is 8.35. The molecular weight excluding hydrogens is 359 g/mol. The van der Waals surface area contributed by atoms with Crippen LogP contribution < -0.4 is 15.5 Å². The molecule has 2 amide bonds. The zero-order valence-corrected chi connectivity index (χ0v) is 15.0. The fourth-order valence-electron chi connectivity index (χ4n) is 2.57. The van der Waals surface area contributed by atoms with Crippen molar-refractivity contribution < 1.29 is 27.7 Å². The fraction of sp³-hybridized carbons (Fsp3) is 0.263. The van der Waals surface area contributed by atoms with Crippen LogP contribution >= 0.6 is 0 Å². The Labute approximate surface area is 155 Å². The van der Waals surface area contributed by atoms with E-state index in [1.165, 1.54) is 30.3 Å². The number of rotatable bonds is 7. The molecule has 0 aliphatic carbocycles. The number of carbonyl (C=O) groups is 2. The van der Waals surface area contributed by atoms with Gasteiger partial charge < -0.3 is 15.5 Å². The summed E-state index contributed by atoms with van der Waals surface area (Å²) in [6.45, 7) is 1.60. The van der Waals surface area contributed by atoms with Gasteiger partial charge in [0.25, 0.3) is 11.8 Å². The van der Waals surface area contributed by atoms with E-state index >= 15 is 0 Å². The first kappa shape index (κ1) is 20.4. The number of nitrogens with one attached hydrogen (secondary N) is 3. The van der Waals surface area contributed by atoms with E-state index in [1.54, 1.807) is 14.0 Å². The minimum Gasteiger partial charge on any atom is -0.345 e. The van der Waals surface area contributed by atoms with Gasteiger partial charge in [-0.25, -0.2) is 13.2 Å². The summed E-state index contributed by atoms with van der Waals surface area (Å²) >= 11 is 0. The second-order valence-electron chi connectivity index (χ2n) is 6.32. The largest absolute Gasteiger partial charge is 0.345 e. The average Bonchev–Trinajstić information content (AvgIpc) is 2.56. The Hall–Kier alpha value is -2.87. The summed E-state index contributed by atoms with van der Waals surface area (Å²) in [7, 11) is 1.66. The van der Waals surface area contributed by atoms with Crippen LogP contribution in [0.25, 0.3) is 0 Å². The number of benzene rings is 2. The van der Waals surface area contributed by atoms with E-state index in [9.17, 15) is 22.8 Å². The maximum absolute atomic E-state index is 13.7. The molecule has 27 heavy (non-hydrogen) atoms. The first-order valence-corrected chi connectivity index (χ1v) is 8.35. The van der Waals surface area contributed by atoms with E-state index in [0.29, 0.717) is 10.6 Å². The summed E-state index contributed by atoms with van der Waals surface area (Å²) in [5.74, 6) is -2.53. The molecule has 1 unspecified atom stereocenters. The molecule has 5 nitrogen and oxygen atoms in total. The number of carbonyl (C=O) groups excluding carboxylic acids is 2. The lowest BCUT2D eigenvalue weighted by molar-refractivity contribution is -0.862. The maximum atomic E-state index is 13.7. The number of hydrogen-bond donors (Lipinski definition) is 3. The Morgan fingerprint density at radius 1 is 0.963 bits per heavy atom. The van der Waals surface area contributed by atoms with Crippen molar-refractivity contribution >= 4 is 17.5 Å². The van der Waals surface area contributed by atoms with Gasteiger partial charge in [0.05, 0.1) is 13.1 Å². The molecule has 3 N–H and O–H groups in total. The monoisotopic (exact) mass is 380 g/mol. The molecule has 2 aromatic carbocycles. The van der Waals surface area contributed by atoms with Crippen LogP contribution in [0.1, 0.15) is 18.5 Å². The SMILES string of the molecule is C[C@@H](NC(=O)C[NH+](C)CC(=O)Nc1ccc(F)cc1)c1ccc(F)cc1F. The third-order valence-corrected chi connectivity index (χ3v) is 3.86. The second-order valence-corrected chi connectivity index (χ2v) is 6.32. The van der Waals surface area contributed by atoms with Gasteiger partial charge in [0.1, 0.15) is 17.5 Å². The van der Waals surface area contributed by atoms with E-state index in [4.69, 9.17) is 0 Å². The predicted molar refractivity (Wildman–Crippen MR) is 94.6 cm³/mol. The van der Waals surface area contributed by atoms with Crippen LogP contribution in [0.4, 0.5) is 18.9 Å². The van der Waals surface area contributed by atoms with Gasteiger partial charge >= 0.3 is 0 Å². The van der Waals surface area contributed by atoms with Crippen LogP contribution in [0.15, 0.2) is 42.5 Å². The molecule has 0 saturated carbocycles. The quantitative estimate of drug-likeness (QED) is 0.681. The van der Waals surface area contributed by atoms with Crippen molar-refractivity contribution in [1.82, 2.24) is 5.32 Å². The van der Waals surface area contributed by atoms with Crippen molar-refractivity contribution in [1.29, 1.82) is 0 Å². The molecule has 0 radical (unpaired) electrons. The molecule has 0 heterocycles. The van der Waals surface area contributed by atoms with Crippen LogP contribution in [0.3, 0.4) is 0 Å².